The quantitative estimate of drug-likeness (QED) is 0.837. The van der Waals surface area contributed by atoms with E-state index < -0.39 is 0 Å². The lowest BCUT2D eigenvalue weighted by Gasteiger charge is -2.10. The molecule has 5 nitrogen and oxygen atoms in total. The Balaban J connectivity index is 2.35. The Kier molecular flexibility index (Phi) is 3.88. The van der Waals surface area contributed by atoms with Crippen LogP contribution in [0.25, 0.3) is 10.6 Å². The van der Waals surface area contributed by atoms with Crippen molar-refractivity contribution in [2.45, 2.75) is 6.92 Å². The highest BCUT2D eigenvalue weighted by Crippen LogP contribution is 2.31. The molecule has 1 N–H and O–H groups in total. The average Bonchev–Trinajstić information content (AvgIpc) is 2.82. The Morgan fingerprint density at radius 3 is 2.94 bits per heavy atom. The van der Waals surface area contributed by atoms with Crippen LogP contribution >= 0.6 is 11.5 Å². The fourth-order valence-corrected chi connectivity index (χ4v) is 2.21. The SMILES string of the molecule is COc1ccc(-c2nc(C)ns2)cc1NCC=O. The van der Waals surface area contributed by atoms with Crippen LogP contribution in [0.3, 0.4) is 0 Å². The number of anilines is 1. The smallest absolute Gasteiger partial charge is 0.144 e. The maximum absolute atomic E-state index is 10.4. The largest absolute Gasteiger partial charge is 0.495 e. The molecule has 0 saturated heterocycles. The van der Waals surface area contributed by atoms with Gasteiger partial charge in [0.25, 0.3) is 0 Å². The van der Waals surface area contributed by atoms with Gasteiger partial charge < -0.3 is 14.8 Å². The highest BCUT2D eigenvalue weighted by Gasteiger charge is 2.08. The van der Waals surface area contributed by atoms with Gasteiger partial charge in [-0.25, -0.2) is 4.98 Å². The molecule has 0 spiro atoms. The fraction of sp³-hybridized carbons (Fsp3) is 0.250. The zero-order chi connectivity index (χ0) is 13.0. The van der Waals surface area contributed by atoms with Gasteiger partial charge in [-0.15, -0.1) is 0 Å². The second-order valence-electron chi connectivity index (χ2n) is 3.61. The fourth-order valence-electron chi connectivity index (χ4n) is 1.55. The molecule has 1 aromatic carbocycles. The molecule has 0 unspecified atom stereocenters. The minimum atomic E-state index is 0.245. The number of aromatic nitrogens is 2. The van der Waals surface area contributed by atoms with Gasteiger partial charge in [-0.3, -0.25) is 0 Å². The summed E-state index contributed by atoms with van der Waals surface area (Å²) < 4.78 is 9.38. The van der Waals surface area contributed by atoms with Gasteiger partial charge in [0.15, 0.2) is 0 Å². The van der Waals surface area contributed by atoms with Crippen molar-refractivity contribution in [2.75, 3.05) is 19.0 Å². The summed E-state index contributed by atoms with van der Waals surface area (Å²) in [6, 6.07) is 5.67. The van der Waals surface area contributed by atoms with Crippen LogP contribution in [-0.4, -0.2) is 29.3 Å². The van der Waals surface area contributed by atoms with Gasteiger partial charge in [0, 0.05) is 5.56 Å². The Labute approximate surface area is 109 Å². The Hall–Kier alpha value is -1.95. The van der Waals surface area contributed by atoms with E-state index in [9.17, 15) is 4.79 Å². The average molecular weight is 263 g/mol. The number of ether oxygens (including phenoxy) is 1. The molecular formula is C12H13N3O2S. The number of nitrogens with one attached hydrogen (secondary N) is 1. The predicted molar refractivity (Wildman–Crippen MR) is 71.2 cm³/mol. The molecule has 0 amide bonds. The maximum Gasteiger partial charge on any atom is 0.144 e. The normalized spacial score (nSPS) is 10.1. The third-order valence-corrected chi connectivity index (χ3v) is 3.21. The van der Waals surface area contributed by atoms with Gasteiger partial charge >= 0.3 is 0 Å². The van der Waals surface area contributed by atoms with E-state index in [0.717, 1.165) is 28.4 Å². The number of aldehydes is 1. The van der Waals surface area contributed by atoms with Crippen molar-refractivity contribution in [3.63, 3.8) is 0 Å². The summed E-state index contributed by atoms with van der Waals surface area (Å²) in [5.74, 6) is 1.45. The standard InChI is InChI=1S/C12H13N3O2S/c1-8-14-12(18-15-8)9-3-4-11(17-2)10(7-9)13-5-6-16/h3-4,6-7,13H,5H2,1-2H3. The Bertz CT molecular complexity index is 554. The highest BCUT2D eigenvalue weighted by atomic mass is 32.1. The van der Waals surface area contributed by atoms with Crippen molar-refractivity contribution in [1.29, 1.82) is 0 Å². The molecule has 0 aliphatic carbocycles. The number of hydrogen-bond acceptors (Lipinski definition) is 6. The summed E-state index contributed by atoms with van der Waals surface area (Å²) >= 11 is 1.35. The second kappa shape index (κ2) is 5.59. The summed E-state index contributed by atoms with van der Waals surface area (Å²) in [4.78, 5) is 14.7. The number of hydrogen-bond donors (Lipinski definition) is 1. The molecule has 0 atom stereocenters. The molecule has 94 valence electrons. The van der Waals surface area contributed by atoms with Crippen molar-refractivity contribution < 1.29 is 9.53 Å². The van der Waals surface area contributed by atoms with Crippen LogP contribution in [0.5, 0.6) is 5.75 Å². The minimum Gasteiger partial charge on any atom is -0.495 e. The van der Waals surface area contributed by atoms with Crippen LogP contribution in [0, 0.1) is 6.92 Å². The van der Waals surface area contributed by atoms with Gasteiger partial charge in [0.1, 0.15) is 22.9 Å². The number of methoxy groups -OCH3 is 1. The number of carbonyl (C=O) groups is 1. The van der Waals surface area contributed by atoms with E-state index in [-0.39, 0.29) is 6.54 Å². The first kappa shape index (κ1) is 12.5. The molecule has 0 bridgehead atoms. The van der Waals surface area contributed by atoms with Crippen LogP contribution in [0.4, 0.5) is 5.69 Å². The van der Waals surface area contributed by atoms with Crippen LogP contribution < -0.4 is 10.1 Å². The molecule has 2 rings (SSSR count). The van der Waals surface area contributed by atoms with Crippen molar-refractivity contribution in [2.24, 2.45) is 0 Å². The topological polar surface area (TPSA) is 64.1 Å². The zero-order valence-corrected chi connectivity index (χ0v) is 11.0. The monoisotopic (exact) mass is 263 g/mol. The molecule has 2 aromatic rings. The highest BCUT2D eigenvalue weighted by molar-refractivity contribution is 7.09. The molecule has 0 aliphatic heterocycles. The Morgan fingerprint density at radius 2 is 2.33 bits per heavy atom. The lowest BCUT2D eigenvalue weighted by molar-refractivity contribution is -0.106. The van der Waals surface area contributed by atoms with Crippen LogP contribution in [0.1, 0.15) is 5.82 Å². The summed E-state index contributed by atoms with van der Waals surface area (Å²) in [6.07, 6.45) is 0.807. The first-order valence-electron chi connectivity index (χ1n) is 5.41. The minimum absolute atomic E-state index is 0.245. The molecule has 1 heterocycles. The van der Waals surface area contributed by atoms with Crippen molar-refractivity contribution in [3.8, 4) is 16.3 Å². The van der Waals surface area contributed by atoms with Gasteiger partial charge in [-0.1, -0.05) is 0 Å². The molecule has 1 aromatic heterocycles. The molecule has 0 fully saturated rings. The van der Waals surface area contributed by atoms with Crippen LogP contribution in [-0.2, 0) is 4.79 Å². The van der Waals surface area contributed by atoms with E-state index in [4.69, 9.17) is 4.74 Å². The summed E-state index contributed by atoms with van der Waals surface area (Å²) in [5, 5.41) is 3.85. The summed E-state index contributed by atoms with van der Waals surface area (Å²) in [7, 11) is 1.59. The maximum atomic E-state index is 10.4. The van der Waals surface area contributed by atoms with Gasteiger partial charge in [0.05, 0.1) is 19.3 Å². The van der Waals surface area contributed by atoms with Gasteiger partial charge in [-0.2, -0.15) is 4.37 Å². The van der Waals surface area contributed by atoms with E-state index in [1.165, 1.54) is 11.5 Å². The third kappa shape index (κ3) is 2.65. The molecule has 0 radical (unpaired) electrons. The predicted octanol–water partition coefficient (Wildman–Crippen LogP) is 2.13. The van der Waals surface area contributed by atoms with Gasteiger partial charge in [-0.05, 0) is 36.7 Å². The molecule has 0 aliphatic rings. The number of nitrogens with zero attached hydrogens (tertiary/aromatic N) is 2. The second-order valence-corrected chi connectivity index (χ2v) is 4.36. The number of carbonyl (C=O) groups excluding carboxylic acids is 1. The lowest BCUT2D eigenvalue weighted by Crippen LogP contribution is -2.03. The molecule has 6 heteroatoms. The van der Waals surface area contributed by atoms with Crippen LogP contribution in [0.15, 0.2) is 18.2 Å². The van der Waals surface area contributed by atoms with Crippen LogP contribution in [0.2, 0.25) is 0 Å². The van der Waals surface area contributed by atoms with E-state index in [0.29, 0.717) is 5.75 Å². The molecule has 0 saturated carbocycles. The third-order valence-electron chi connectivity index (χ3n) is 2.35. The Morgan fingerprint density at radius 1 is 1.50 bits per heavy atom. The van der Waals surface area contributed by atoms with Crippen molar-refractivity contribution >= 4 is 23.5 Å². The van der Waals surface area contributed by atoms with E-state index in [1.54, 1.807) is 7.11 Å². The van der Waals surface area contributed by atoms with E-state index in [1.807, 2.05) is 25.1 Å². The first-order valence-corrected chi connectivity index (χ1v) is 6.18. The van der Waals surface area contributed by atoms with E-state index in [2.05, 4.69) is 14.7 Å². The van der Waals surface area contributed by atoms with Crippen molar-refractivity contribution in [1.82, 2.24) is 9.36 Å². The molecule has 18 heavy (non-hydrogen) atoms. The first-order chi connectivity index (χ1) is 8.74. The van der Waals surface area contributed by atoms with Crippen molar-refractivity contribution in [3.05, 3.63) is 24.0 Å². The molecular weight excluding hydrogens is 250 g/mol. The number of aryl methyl sites for hydroxylation is 1. The zero-order valence-electron chi connectivity index (χ0n) is 10.1. The summed E-state index contributed by atoms with van der Waals surface area (Å²) in [5.41, 5.74) is 1.73. The summed E-state index contributed by atoms with van der Waals surface area (Å²) in [6.45, 7) is 2.10. The van der Waals surface area contributed by atoms with Gasteiger partial charge in [0.2, 0.25) is 0 Å². The lowest BCUT2D eigenvalue weighted by atomic mass is 10.2. The number of benzene rings is 1. The number of rotatable bonds is 5. The van der Waals surface area contributed by atoms with E-state index >= 15 is 0 Å².